The van der Waals surface area contributed by atoms with Gasteiger partial charge in [0.1, 0.15) is 10.7 Å². The van der Waals surface area contributed by atoms with E-state index in [1.165, 1.54) is 6.07 Å². The number of hydrogen-bond acceptors (Lipinski definition) is 3. The van der Waals surface area contributed by atoms with Crippen molar-refractivity contribution >= 4 is 26.0 Å². The number of hydrogen-bond donors (Lipinski definition) is 2. The molecular weight excluding hydrogens is 370 g/mol. The van der Waals surface area contributed by atoms with Gasteiger partial charge in [0, 0.05) is 16.6 Å². The van der Waals surface area contributed by atoms with Gasteiger partial charge in [-0.3, -0.25) is 0 Å². The maximum absolute atomic E-state index is 13.8. The van der Waals surface area contributed by atoms with Gasteiger partial charge >= 0.3 is 6.18 Å². The molecule has 0 bridgehead atoms. The van der Waals surface area contributed by atoms with Crippen molar-refractivity contribution in [3.05, 3.63) is 28.0 Å². The Morgan fingerprint density at radius 3 is 2.40 bits per heavy atom. The van der Waals surface area contributed by atoms with Gasteiger partial charge in [0.15, 0.2) is 0 Å². The van der Waals surface area contributed by atoms with Crippen molar-refractivity contribution in [1.82, 2.24) is 4.72 Å². The molecular formula is C10H10BrF4NO3S. The average Bonchev–Trinajstić information content (AvgIpc) is 2.29. The molecule has 114 valence electrons. The van der Waals surface area contributed by atoms with Crippen LogP contribution < -0.4 is 4.72 Å². The first-order valence-electron chi connectivity index (χ1n) is 5.22. The highest BCUT2D eigenvalue weighted by Gasteiger charge is 2.28. The fourth-order valence-corrected chi connectivity index (χ4v) is 3.17. The highest BCUT2D eigenvalue weighted by molar-refractivity contribution is 9.10. The largest absolute Gasteiger partial charge is 0.392 e. The van der Waals surface area contributed by atoms with Gasteiger partial charge in [-0.05, 0) is 12.1 Å². The first-order chi connectivity index (χ1) is 9.07. The minimum atomic E-state index is -4.52. The molecule has 0 radical (unpaired) electrons. The number of benzene rings is 1. The van der Waals surface area contributed by atoms with Gasteiger partial charge in [-0.15, -0.1) is 0 Å². The van der Waals surface area contributed by atoms with Crippen LogP contribution in [0.15, 0.2) is 21.5 Å². The standard InChI is InChI=1S/C10H10BrF4NO3S/c11-7-3-6(5-17)9(12)8(4-7)20(18,19)16-2-1-10(13,14)15/h3-4,16-17H,1-2,5H2. The second-order valence-electron chi connectivity index (χ2n) is 3.80. The number of sulfonamides is 1. The lowest BCUT2D eigenvalue weighted by Crippen LogP contribution is -2.29. The quantitative estimate of drug-likeness (QED) is 0.771. The summed E-state index contributed by atoms with van der Waals surface area (Å²) < 4.78 is 74.9. The molecule has 0 unspecified atom stereocenters. The monoisotopic (exact) mass is 379 g/mol. The van der Waals surface area contributed by atoms with Gasteiger partial charge in [0.05, 0.1) is 13.0 Å². The molecule has 1 aromatic rings. The third-order valence-corrected chi connectivity index (χ3v) is 4.16. The van der Waals surface area contributed by atoms with Gasteiger partial charge in [0.25, 0.3) is 0 Å². The Balaban J connectivity index is 3.01. The van der Waals surface area contributed by atoms with Crippen LogP contribution in [0.4, 0.5) is 17.6 Å². The zero-order valence-electron chi connectivity index (χ0n) is 9.84. The lowest BCUT2D eigenvalue weighted by molar-refractivity contribution is -0.132. The van der Waals surface area contributed by atoms with E-state index in [9.17, 15) is 26.0 Å². The molecule has 0 saturated heterocycles. The summed E-state index contributed by atoms with van der Waals surface area (Å²) in [6.45, 7) is -1.64. The van der Waals surface area contributed by atoms with Crippen molar-refractivity contribution in [3.63, 3.8) is 0 Å². The summed E-state index contributed by atoms with van der Waals surface area (Å²) in [4.78, 5) is -0.821. The van der Waals surface area contributed by atoms with Gasteiger partial charge in [0.2, 0.25) is 10.0 Å². The van der Waals surface area contributed by atoms with Crippen LogP contribution in [0.5, 0.6) is 0 Å². The van der Waals surface area contributed by atoms with Crippen LogP contribution in [0.1, 0.15) is 12.0 Å². The Hall–Kier alpha value is -0.710. The maximum Gasteiger partial charge on any atom is 0.390 e. The highest BCUT2D eigenvalue weighted by atomic mass is 79.9. The normalized spacial score (nSPS) is 12.7. The van der Waals surface area contributed by atoms with Crippen molar-refractivity contribution < 1.29 is 31.1 Å². The smallest absolute Gasteiger partial charge is 0.390 e. The molecule has 20 heavy (non-hydrogen) atoms. The fraction of sp³-hybridized carbons (Fsp3) is 0.400. The van der Waals surface area contributed by atoms with Crippen molar-refractivity contribution in [2.24, 2.45) is 0 Å². The molecule has 0 fully saturated rings. The second-order valence-corrected chi connectivity index (χ2v) is 6.45. The first kappa shape index (κ1) is 17.3. The molecule has 0 aromatic heterocycles. The lowest BCUT2D eigenvalue weighted by atomic mass is 10.2. The summed E-state index contributed by atoms with van der Waals surface area (Å²) in [5, 5.41) is 8.89. The van der Waals surface area contributed by atoms with Gasteiger partial charge in [-0.1, -0.05) is 15.9 Å². The van der Waals surface area contributed by atoms with Crippen LogP contribution in [0, 0.1) is 5.82 Å². The Bertz CT molecular complexity index is 589. The molecule has 4 nitrogen and oxygen atoms in total. The van der Waals surface area contributed by atoms with Crippen LogP contribution in [-0.2, 0) is 16.6 Å². The van der Waals surface area contributed by atoms with Crippen molar-refractivity contribution in [1.29, 1.82) is 0 Å². The molecule has 0 aliphatic heterocycles. The summed E-state index contributed by atoms with van der Waals surface area (Å²) in [6.07, 6.45) is -5.89. The molecule has 2 N–H and O–H groups in total. The van der Waals surface area contributed by atoms with E-state index in [1.807, 2.05) is 0 Å². The summed E-state index contributed by atoms with van der Waals surface area (Å²) in [6, 6.07) is 2.08. The number of alkyl halides is 3. The predicted octanol–water partition coefficient (Wildman–Crippen LogP) is 2.31. The molecule has 1 rings (SSSR count). The Morgan fingerprint density at radius 2 is 1.90 bits per heavy atom. The van der Waals surface area contributed by atoms with E-state index in [4.69, 9.17) is 5.11 Å². The second kappa shape index (κ2) is 6.37. The number of nitrogens with one attached hydrogen (secondary N) is 1. The van der Waals surface area contributed by atoms with Gasteiger partial charge < -0.3 is 5.11 Å². The van der Waals surface area contributed by atoms with Crippen molar-refractivity contribution in [3.8, 4) is 0 Å². The average molecular weight is 380 g/mol. The summed E-state index contributed by atoms with van der Waals surface area (Å²) in [5.74, 6) is -1.20. The third-order valence-electron chi connectivity index (χ3n) is 2.24. The van der Waals surface area contributed by atoms with Crippen LogP contribution in [0.3, 0.4) is 0 Å². The lowest BCUT2D eigenvalue weighted by Gasteiger charge is -2.11. The zero-order valence-corrected chi connectivity index (χ0v) is 12.2. The SMILES string of the molecule is O=S(=O)(NCCC(F)(F)F)c1cc(Br)cc(CO)c1F. The van der Waals surface area contributed by atoms with Gasteiger partial charge in [-0.2, -0.15) is 13.2 Å². The number of aliphatic hydroxyl groups excluding tert-OH is 1. The minimum absolute atomic E-state index is 0.180. The molecule has 0 amide bonds. The topological polar surface area (TPSA) is 66.4 Å². The van der Waals surface area contributed by atoms with E-state index < -0.39 is 46.5 Å². The minimum Gasteiger partial charge on any atom is -0.392 e. The zero-order chi connectivity index (χ0) is 15.6. The summed E-state index contributed by atoms with van der Waals surface area (Å²) in [7, 11) is -4.43. The van der Waals surface area contributed by atoms with Crippen LogP contribution in [-0.4, -0.2) is 26.2 Å². The predicted molar refractivity (Wildman–Crippen MR) is 65.9 cm³/mol. The van der Waals surface area contributed by atoms with E-state index in [1.54, 1.807) is 4.72 Å². The third kappa shape index (κ3) is 4.69. The van der Waals surface area contributed by atoms with E-state index in [2.05, 4.69) is 15.9 Å². The fourth-order valence-electron chi connectivity index (χ4n) is 1.33. The highest BCUT2D eigenvalue weighted by Crippen LogP contribution is 2.24. The summed E-state index contributed by atoms with van der Waals surface area (Å²) in [5.41, 5.74) is -0.282. The van der Waals surface area contributed by atoms with E-state index in [-0.39, 0.29) is 10.0 Å². The molecule has 0 saturated carbocycles. The Labute approximate surface area is 121 Å². The number of rotatable bonds is 5. The van der Waals surface area contributed by atoms with E-state index >= 15 is 0 Å². The van der Waals surface area contributed by atoms with Crippen molar-refractivity contribution in [2.75, 3.05) is 6.54 Å². The molecule has 10 heteroatoms. The molecule has 0 aliphatic carbocycles. The molecule has 0 heterocycles. The van der Waals surface area contributed by atoms with Crippen LogP contribution >= 0.6 is 15.9 Å². The van der Waals surface area contributed by atoms with Crippen LogP contribution in [0.25, 0.3) is 0 Å². The molecule has 0 aliphatic rings. The summed E-state index contributed by atoms with van der Waals surface area (Å²) >= 11 is 2.93. The Morgan fingerprint density at radius 1 is 1.30 bits per heavy atom. The number of halogens is 5. The van der Waals surface area contributed by atoms with E-state index in [0.29, 0.717) is 0 Å². The molecule has 1 aromatic carbocycles. The van der Waals surface area contributed by atoms with Crippen molar-refractivity contribution in [2.45, 2.75) is 24.1 Å². The first-order valence-corrected chi connectivity index (χ1v) is 7.49. The molecule has 0 spiro atoms. The van der Waals surface area contributed by atoms with Gasteiger partial charge in [-0.25, -0.2) is 17.5 Å². The molecule has 0 atom stereocenters. The maximum atomic E-state index is 13.8. The van der Waals surface area contributed by atoms with E-state index in [0.717, 1.165) is 6.07 Å². The number of aliphatic hydroxyl groups is 1. The van der Waals surface area contributed by atoms with Crippen LogP contribution in [0.2, 0.25) is 0 Å². The Kier molecular flexibility index (Phi) is 5.53.